The molecule has 1 fully saturated rings. The van der Waals surface area contributed by atoms with Gasteiger partial charge < -0.3 is 4.74 Å². The topological polar surface area (TPSA) is 71.9 Å². The van der Waals surface area contributed by atoms with Crippen molar-refractivity contribution in [3.63, 3.8) is 0 Å². The van der Waals surface area contributed by atoms with Crippen molar-refractivity contribution >= 4 is 33.6 Å². The fourth-order valence-electron chi connectivity index (χ4n) is 3.24. The lowest BCUT2D eigenvalue weighted by Gasteiger charge is -2.27. The molecule has 8 heteroatoms. The average Bonchev–Trinajstić information content (AvgIpc) is 3.32. The molecule has 0 atom stereocenters. The first-order valence-corrected chi connectivity index (χ1v) is 9.82. The first-order chi connectivity index (χ1) is 13.6. The van der Waals surface area contributed by atoms with Gasteiger partial charge in [0.2, 0.25) is 0 Å². The van der Waals surface area contributed by atoms with Crippen LogP contribution in [0.25, 0.3) is 10.2 Å². The standard InChI is InChI=1S/C20H19N3O4S/c24-18(13-21-16-9-4-5-10-17(16)28-20(21)26)22-11-6-12-23(22)19(25)27-14-15-7-2-1-3-8-15/h1-5,7-10H,6,11-14H2. The summed E-state index contributed by atoms with van der Waals surface area (Å²) in [4.78, 5) is 37.4. The number of nitrogens with zero attached hydrogens (tertiary/aromatic N) is 3. The number of hydrazine groups is 1. The number of aromatic nitrogens is 1. The van der Waals surface area contributed by atoms with Gasteiger partial charge >= 0.3 is 11.0 Å². The molecular formula is C20H19N3O4S. The van der Waals surface area contributed by atoms with Crippen molar-refractivity contribution < 1.29 is 14.3 Å². The van der Waals surface area contributed by atoms with Crippen LogP contribution in [-0.2, 0) is 22.7 Å². The van der Waals surface area contributed by atoms with Crippen LogP contribution in [0.15, 0.2) is 59.4 Å². The van der Waals surface area contributed by atoms with Crippen LogP contribution in [-0.4, -0.2) is 39.7 Å². The number of thiazole rings is 1. The summed E-state index contributed by atoms with van der Waals surface area (Å²) in [5.41, 5.74) is 1.60. The second-order valence-corrected chi connectivity index (χ2v) is 7.45. The summed E-state index contributed by atoms with van der Waals surface area (Å²) >= 11 is 1.11. The third-order valence-corrected chi connectivity index (χ3v) is 5.56. The van der Waals surface area contributed by atoms with Gasteiger partial charge in [0, 0.05) is 13.1 Å². The first kappa shape index (κ1) is 18.2. The summed E-state index contributed by atoms with van der Waals surface area (Å²) < 4.78 is 7.63. The molecule has 4 rings (SSSR count). The van der Waals surface area contributed by atoms with Gasteiger partial charge in [-0.25, -0.2) is 14.8 Å². The summed E-state index contributed by atoms with van der Waals surface area (Å²) in [6.07, 6.45) is 0.114. The minimum Gasteiger partial charge on any atom is -0.443 e. The number of benzene rings is 2. The lowest BCUT2D eigenvalue weighted by Crippen LogP contribution is -2.46. The Bertz CT molecular complexity index is 1060. The lowest BCUT2D eigenvalue weighted by atomic mass is 10.2. The highest BCUT2D eigenvalue weighted by Crippen LogP contribution is 2.18. The van der Waals surface area contributed by atoms with E-state index in [1.165, 1.54) is 14.6 Å². The number of amides is 2. The number of carbonyl (C=O) groups is 2. The summed E-state index contributed by atoms with van der Waals surface area (Å²) in [5.74, 6) is -0.306. The Balaban J connectivity index is 1.45. The van der Waals surface area contributed by atoms with Crippen LogP contribution in [0.1, 0.15) is 12.0 Å². The molecule has 0 saturated carbocycles. The van der Waals surface area contributed by atoms with Crippen LogP contribution in [0.2, 0.25) is 0 Å². The van der Waals surface area contributed by atoms with Crippen molar-refractivity contribution in [1.82, 2.24) is 14.6 Å². The number of hydrogen-bond donors (Lipinski definition) is 0. The van der Waals surface area contributed by atoms with E-state index in [9.17, 15) is 14.4 Å². The SMILES string of the molecule is O=C(Cn1c(=O)sc2ccccc21)N1CCCN1C(=O)OCc1ccccc1. The van der Waals surface area contributed by atoms with Gasteiger partial charge in [-0.2, -0.15) is 0 Å². The van der Waals surface area contributed by atoms with Crippen LogP contribution in [0.3, 0.4) is 0 Å². The van der Waals surface area contributed by atoms with Gasteiger partial charge in [-0.1, -0.05) is 53.8 Å². The van der Waals surface area contributed by atoms with Crippen molar-refractivity contribution in [2.75, 3.05) is 13.1 Å². The van der Waals surface area contributed by atoms with E-state index in [2.05, 4.69) is 0 Å². The number of carbonyl (C=O) groups excluding carboxylic acids is 2. The number of ether oxygens (including phenoxy) is 1. The van der Waals surface area contributed by atoms with E-state index < -0.39 is 6.09 Å². The molecule has 1 aliphatic heterocycles. The zero-order chi connectivity index (χ0) is 19.5. The van der Waals surface area contributed by atoms with Crippen molar-refractivity contribution in [2.45, 2.75) is 19.6 Å². The number of para-hydroxylation sites is 1. The quantitative estimate of drug-likeness (QED) is 0.679. The monoisotopic (exact) mass is 397 g/mol. The predicted octanol–water partition coefficient (Wildman–Crippen LogP) is 2.85. The summed E-state index contributed by atoms with van der Waals surface area (Å²) in [5, 5.41) is 2.71. The van der Waals surface area contributed by atoms with Crippen molar-refractivity contribution in [1.29, 1.82) is 0 Å². The maximum absolute atomic E-state index is 12.8. The zero-order valence-corrected chi connectivity index (χ0v) is 15.9. The molecule has 2 aromatic carbocycles. The summed E-state index contributed by atoms with van der Waals surface area (Å²) in [6.45, 7) is 0.882. The third kappa shape index (κ3) is 3.63. The molecule has 3 aromatic rings. The second kappa shape index (κ2) is 7.85. The molecule has 0 spiro atoms. The molecule has 2 amide bonds. The molecule has 1 aromatic heterocycles. The van der Waals surface area contributed by atoms with Crippen LogP contribution in [0, 0.1) is 0 Å². The van der Waals surface area contributed by atoms with Crippen LogP contribution in [0.5, 0.6) is 0 Å². The molecule has 0 unspecified atom stereocenters. The highest BCUT2D eigenvalue weighted by atomic mass is 32.1. The van der Waals surface area contributed by atoms with Crippen molar-refractivity contribution in [3.8, 4) is 0 Å². The van der Waals surface area contributed by atoms with Gasteiger partial charge in [0.1, 0.15) is 13.2 Å². The number of rotatable bonds is 4. The molecule has 0 aliphatic carbocycles. The van der Waals surface area contributed by atoms with E-state index in [4.69, 9.17) is 4.74 Å². The highest BCUT2D eigenvalue weighted by Gasteiger charge is 2.32. The first-order valence-electron chi connectivity index (χ1n) is 9.00. The fourth-order valence-corrected chi connectivity index (χ4v) is 4.13. The van der Waals surface area contributed by atoms with Gasteiger partial charge in [-0.3, -0.25) is 14.2 Å². The Kier molecular flexibility index (Phi) is 5.12. The number of fused-ring (bicyclic) bond motifs is 1. The predicted molar refractivity (Wildman–Crippen MR) is 106 cm³/mol. The third-order valence-electron chi connectivity index (χ3n) is 4.60. The van der Waals surface area contributed by atoms with E-state index in [1.807, 2.05) is 54.6 Å². The van der Waals surface area contributed by atoms with Crippen LogP contribution in [0.4, 0.5) is 4.79 Å². The Labute approximate surface area is 165 Å². The smallest absolute Gasteiger partial charge is 0.429 e. The van der Waals surface area contributed by atoms with E-state index in [-0.39, 0.29) is 23.9 Å². The van der Waals surface area contributed by atoms with E-state index >= 15 is 0 Å². The van der Waals surface area contributed by atoms with Crippen molar-refractivity contribution in [2.24, 2.45) is 0 Å². The molecule has 1 aliphatic rings. The second-order valence-electron chi connectivity index (χ2n) is 6.46. The Morgan fingerprint density at radius 3 is 2.50 bits per heavy atom. The molecule has 2 heterocycles. The summed E-state index contributed by atoms with van der Waals surface area (Å²) in [6, 6.07) is 16.7. The van der Waals surface area contributed by atoms with Gasteiger partial charge in [0.05, 0.1) is 10.2 Å². The molecule has 0 bridgehead atoms. The molecule has 0 N–H and O–H groups in total. The van der Waals surface area contributed by atoms with E-state index in [0.717, 1.165) is 27.1 Å². The van der Waals surface area contributed by atoms with Gasteiger partial charge in [0.25, 0.3) is 5.91 Å². The Morgan fingerprint density at radius 2 is 1.68 bits per heavy atom. The minimum absolute atomic E-state index is 0.106. The van der Waals surface area contributed by atoms with Gasteiger partial charge in [0.15, 0.2) is 0 Å². The van der Waals surface area contributed by atoms with Gasteiger partial charge in [-0.05, 0) is 24.1 Å². The molecule has 144 valence electrons. The maximum Gasteiger partial charge on any atom is 0.429 e. The molecule has 0 radical (unpaired) electrons. The van der Waals surface area contributed by atoms with Gasteiger partial charge in [-0.15, -0.1) is 0 Å². The van der Waals surface area contributed by atoms with Crippen LogP contribution >= 0.6 is 11.3 Å². The maximum atomic E-state index is 12.8. The fraction of sp³-hybridized carbons (Fsp3) is 0.250. The Morgan fingerprint density at radius 1 is 0.964 bits per heavy atom. The van der Waals surface area contributed by atoms with Crippen LogP contribution < -0.4 is 4.87 Å². The molecule has 7 nitrogen and oxygen atoms in total. The van der Waals surface area contributed by atoms with E-state index in [0.29, 0.717) is 19.5 Å². The molecular weight excluding hydrogens is 378 g/mol. The Hall–Kier alpha value is -3.13. The molecule has 1 saturated heterocycles. The van der Waals surface area contributed by atoms with Crippen molar-refractivity contribution in [3.05, 3.63) is 69.8 Å². The number of hydrogen-bond acceptors (Lipinski definition) is 5. The average molecular weight is 397 g/mol. The largest absolute Gasteiger partial charge is 0.443 e. The molecule has 28 heavy (non-hydrogen) atoms. The zero-order valence-electron chi connectivity index (χ0n) is 15.1. The van der Waals surface area contributed by atoms with E-state index in [1.54, 1.807) is 0 Å². The summed E-state index contributed by atoms with van der Waals surface area (Å²) in [7, 11) is 0. The normalized spacial score (nSPS) is 13.9. The highest BCUT2D eigenvalue weighted by molar-refractivity contribution is 7.16. The lowest BCUT2D eigenvalue weighted by molar-refractivity contribution is -0.142. The minimum atomic E-state index is -0.558.